The zero-order valence-electron chi connectivity index (χ0n) is 12.2. The maximum absolute atomic E-state index is 11.8. The van der Waals surface area contributed by atoms with Gasteiger partial charge >= 0.3 is 0 Å². The van der Waals surface area contributed by atoms with Gasteiger partial charge in [-0.2, -0.15) is 5.10 Å². The molecule has 4 heteroatoms. The van der Waals surface area contributed by atoms with Crippen LogP contribution in [0.4, 0.5) is 0 Å². The molecule has 1 N–H and O–H groups in total. The van der Waals surface area contributed by atoms with Gasteiger partial charge < -0.3 is 4.74 Å². The van der Waals surface area contributed by atoms with Gasteiger partial charge in [0.1, 0.15) is 5.75 Å². The first kappa shape index (κ1) is 14.8. The van der Waals surface area contributed by atoms with E-state index in [1.54, 1.807) is 13.3 Å². The lowest BCUT2D eigenvalue weighted by molar-refractivity contribution is -0.120. The summed E-state index contributed by atoms with van der Waals surface area (Å²) in [5.41, 5.74) is 5.56. The number of carbonyl (C=O) groups is 1. The Morgan fingerprint density at radius 2 is 2.00 bits per heavy atom. The van der Waals surface area contributed by atoms with E-state index in [4.69, 9.17) is 4.74 Å². The van der Waals surface area contributed by atoms with E-state index in [-0.39, 0.29) is 12.3 Å². The average Bonchev–Trinajstić information content (AvgIpc) is 2.48. The highest BCUT2D eigenvalue weighted by Crippen LogP contribution is 2.11. The van der Waals surface area contributed by atoms with E-state index in [2.05, 4.69) is 10.5 Å². The molecule has 2 aromatic rings. The summed E-state index contributed by atoms with van der Waals surface area (Å²) in [7, 11) is 1.61. The number of aryl methyl sites for hydroxylation is 1. The lowest BCUT2D eigenvalue weighted by Gasteiger charge is -2.02. The minimum Gasteiger partial charge on any atom is -0.497 e. The molecular weight excluding hydrogens is 264 g/mol. The molecular formula is C17H18N2O2. The third-order valence-electron chi connectivity index (χ3n) is 2.97. The van der Waals surface area contributed by atoms with Crippen molar-refractivity contribution in [2.75, 3.05) is 7.11 Å². The molecule has 2 aromatic carbocycles. The summed E-state index contributed by atoms with van der Waals surface area (Å²) in [6.07, 6.45) is 1.92. The molecule has 0 bridgehead atoms. The monoisotopic (exact) mass is 282 g/mol. The number of methoxy groups -OCH3 is 1. The van der Waals surface area contributed by atoms with Crippen LogP contribution in [-0.4, -0.2) is 19.2 Å². The number of amides is 1. The molecule has 2 rings (SSSR count). The van der Waals surface area contributed by atoms with E-state index in [9.17, 15) is 4.79 Å². The minimum atomic E-state index is -0.149. The Morgan fingerprint density at radius 3 is 2.67 bits per heavy atom. The molecule has 0 aliphatic carbocycles. The van der Waals surface area contributed by atoms with Crippen molar-refractivity contribution >= 4 is 12.1 Å². The van der Waals surface area contributed by atoms with E-state index >= 15 is 0 Å². The highest BCUT2D eigenvalue weighted by molar-refractivity contribution is 5.83. The molecule has 108 valence electrons. The molecule has 0 heterocycles. The van der Waals surface area contributed by atoms with Crippen LogP contribution in [0.3, 0.4) is 0 Å². The number of nitrogens with one attached hydrogen (secondary N) is 1. The van der Waals surface area contributed by atoms with Gasteiger partial charge in [0.2, 0.25) is 5.91 Å². The Kier molecular flexibility index (Phi) is 5.10. The van der Waals surface area contributed by atoms with Crippen LogP contribution in [-0.2, 0) is 11.2 Å². The lowest BCUT2D eigenvalue weighted by Crippen LogP contribution is -2.19. The van der Waals surface area contributed by atoms with Crippen LogP contribution in [0.5, 0.6) is 5.75 Å². The number of benzene rings is 2. The molecule has 0 radical (unpaired) electrons. The summed E-state index contributed by atoms with van der Waals surface area (Å²) in [4.78, 5) is 11.8. The molecule has 0 spiro atoms. The van der Waals surface area contributed by atoms with Crippen LogP contribution >= 0.6 is 0 Å². The molecule has 0 unspecified atom stereocenters. The number of nitrogens with zero attached hydrogens (tertiary/aromatic N) is 1. The summed E-state index contributed by atoms with van der Waals surface area (Å²) < 4.78 is 5.07. The van der Waals surface area contributed by atoms with Gasteiger partial charge in [-0.3, -0.25) is 4.79 Å². The number of hydrogen-bond acceptors (Lipinski definition) is 3. The minimum absolute atomic E-state index is 0.149. The van der Waals surface area contributed by atoms with Gasteiger partial charge in [-0.1, -0.05) is 42.0 Å². The molecule has 21 heavy (non-hydrogen) atoms. The molecule has 0 atom stereocenters. The molecule has 0 aliphatic heterocycles. The Morgan fingerprint density at radius 1 is 1.24 bits per heavy atom. The van der Waals surface area contributed by atoms with Gasteiger partial charge in [0.05, 0.1) is 19.7 Å². The maximum Gasteiger partial charge on any atom is 0.244 e. The summed E-state index contributed by atoms with van der Waals surface area (Å²) in [6, 6.07) is 15.3. The van der Waals surface area contributed by atoms with Gasteiger partial charge in [-0.25, -0.2) is 5.43 Å². The van der Waals surface area contributed by atoms with Gasteiger partial charge in [0.15, 0.2) is 0 Å². The highest BCUT2D eigenvalue weighted by atomic mass is 16.5. The second-order valence-electron chi connectivity index (χ2n) is 4.73. The first-order valence-electron chi connectivity index (χ1n) is 6.69. The highest BCUT2D eigenvalue weighted by Gasteiger charge is 2.02. The third kappa shape index (κ3) is 4.76. The van der Waals surface area contributed by atoms with E-state index in [0.29, 0.717) is 0 Å². The number of hydrogen-bond donors (Lipinski definition) is 1. The van der Waals surface area contributed by atoms with E-state index in [1.165, 1.54) is 0 Å². The van der Waals surface area contributed by atoms with Crippen LogP contribution in [0.1, 0.15) is 16.7 Å². The van der Waals surface area contributed by atoms with Crippen LogP contribution in [0.25, 0.3) is 0 Å². The van der Waals surface area contributed by atoms with Crippen molar-refractivity contribution in [3.05, 3.63) is 65.2 Å². The second-order valence-corrected chi connectivity index (χ2v) is 4.73. The number of carbonyl (C=O) groups excluding carboxylic acids is 1. The Balaban J connectivity index is 1.86. The molecule has 0 aromatic heterocycles. The molecule has 0 saturated carbocycles. The molecule has 1 amide bonds. The first-order chi connectivity index (χ1) is 10.2. The molecule has 4 nitrogen and oxygen atoms in total. The molecule has 0 aliphatic rings. The van der Waals surface area contributed by atoms with Crippen molar-refractivity contribution in [3.8, 4) is 5.75 Å². The average molecular weight is 282 g/mol. The molecule has 0 fully saturated rings. The van der Waals surface area contributed by atoms with E-state index in [0.717, 1.165) is 22.4 Å². The smallest absolute Gasteiger partial charge is 0.244 e. The Hall–Kier alpha value is -2.62. The summed E-state index contributed by atoms with van der Waals surface area (Å²) in [6.45, 7) is 2.01. The predicted octanol–water partition coefficient (Wildman–Crippen LogP) is 2.70. The van der Waals surface area contributed by atoms with Crippen molar-refractivity contribution in [2.24, 2.45) is 5.10 Å². The van der Waals surface area contributed by atoms with Crippen LogP contribution in [0.15, 0.2) is 53.6 Å². The largest absolute Gasteiger partial charge is 0.497 e. The summed E-state index contributed by atoms with van der Waals surface area (Å²) in [5.74, 6) is 0.626. The lowest BCUT2D eigenvalue weighted by atomic mass is 10.1. The van der Waals surface area contributed by atoms with Crippen LogP contribution < -0.4 is 10.2 Å². The quantitative estimate of drug-likeness (QED) is 0.677. The van der Waals surface area contributed by atoms with Crippen LogP contribution in [0.2, 0.25) is 0 Å². The topological polar surface area (TPSA) is 50.7 Å². The summed E-state index contributed by atoms with van der Waals surface area (Å²) in [5, 5.41) is 3.96. The van der Waals surface area contributed by atoms with E-state index < -0.39 is 0 Å². The van der Waals surface area contributed by atoms with Crippen LogP contribution in [0, 0.1) is 6.92 Å². The van der Waals surface area contributed by atoms with Gasteiger partial charge in [0, 0.05) is 0 Å². The Labute approximate surface area is 124 Å². The third-order valence-corrected chi connectivity index (χ3v) is 2.97. The van der Waals surface area contributed by atoms with Crippen molar-refractivity contribution in [1.82, 2.24) is 5.43 Å². The van der Waals surface area contributed by atoms with Crippen molar-refractivity contribution in [2.45, 2.75) is 13.3 Å². The second kappa shape index (κ2) is 7.24. The van der Waals surface area contributed by atoms with Crippen molar-refractivity contribution in [3.63, 3.8) is 0 Å². The first-order valence-corrected chi connectivity index (χ1v) is 6.69. The number of rotatable bonds is 5. The predicted molar refractivity (Wildman–Crippen MR) is 83.6 cm³/mol. The zero-order valence-corrected chi connectivity index (χ0v) is 12.2. The number of ether oxygens (including phenoxy) is 1. The molecule has 0 saturated heterocycles. The van der Waals surface area contributed by atoms with Crippen molar-refractivity contribution in [1.29, 1.82) is 0 Å². The van der Waals surface area contributed by atoms with Gasteiger partial charge in [0.25, 0.3) is 0 Å². The SMILES string of the molecule is COc1ccc(CC(=O)N/N=C\c2cccc(C)c2)cc1. The van der Waals surface area contributed by atoms with Gasteiger partial charge in [-0.15, -0.1) is 0 Å². The number of hydrazone groups is 1. The fourth-order valence-corrected chi connectivity index (χ4v) is 1.90. The standard InChI is InChI=1S/C17H18N2O2/c1-13-4-3-5-15(10-13)12-18-19-17(20)11-14-6-8-16(21-2)9-7-14/h3-10,12H,11H2,1-2H3,(H,19,20)/b18-12-. The fourth-order valence-electron chi connectivity index (χ4n) is 1.90. The Bertz CT molecular complexity index is 633. The maximum atomic E-state index is 11.8. The zero-order chi connectivity index (χ0) is 15.1. The summed E-state index contributed by atoms with van der Waals surface area (Å²) >= 11 is 0. The fraction of sp³-hybridized carbons (Fsp3) is 0.176. The van der Waals surface area contributed by atoms with E-state index in [1.807, 2.05) is 55.5 Å². The van der Waals surface area contributed by atoms with Crippen molar-refractivity contribution < 1.29 is 9.53 Å². The normalized spacial score (nSPS) is 10.6. The van der Waals surface area contributed by atoms with Gasteiger partial charge in [-0.05, 0) is 30.2 Å².